The minimum Gasteiger partial charge on any atom is -1.00 e. The van der Waals surface area contributed by atoms with Gasteiger partial charge >= 0.3 is 41.3 Å². The monoisotopic (exact) mass is 409 g/mol. The molecule has 0 aromatic heterocycles. The van der Waals surface area contributed by atoms with Crippen LogP contribution in [-0.4, -0.2) is 3.21 Å². The van der Waals surface area contributed by atoms with E-state index in [-0.39, 0.29) is 24.8 Å². The maximum absolute atomic E-state index is 2.34. The van der Waals surface area contributed by atoms with Gasteiger partial charge in [-0.25, -0.2) is 0 Å². The molecule has 0 aliphatic heterocycles. The second-order valence-corrected chi connectivity index (χ2v) is 8.02. The largest absolute Gasteiger partial charge is 1.00 e. The summed E-state index contributed by atoms with van der Waals surface area (Å²) in [5.74, 6) is 0.479. The van der Waals surface area contributed by atoms with Crippen LogP contribution in [0.25, 0.3) is 10.8 Å². The standard InChI is InChI=1S/C16H15.C3H6.2ClH.Zr/c1-11-6-5-9-14-10-15(12(2)16(11)14)13-7-3-4-8-13;1-3-2;;;/h3-10,13H,1-2H3;1-2H3;2*1H;/q-1;;;;+2/p-2. The number of benzene rings is 1. The molecule has 0 saturated heterocycles. The van der Waals surface area contributed by atoms with Gasteiger partial charge in [0.15, 0.2) is 0 Å². The van der Waals surface area contributed by atoms with E-state index in [0.29, 0.717) is 5.92 Å². The molecule has 0 N–H and O–H groups in total. The molecule has 3 rings (SSSR count). The summed E-state index contributed by atoms with van der Waals surface area (Å²) in [6.45, 7) is 8.68. The van der Waals surface area contributed by atoms with Crippen LogP contribution in [0, 0.1) is 13.8 Å². The van der Waals surface area contributed by atoms with E-state index in [1.807, 2.05) is 0 Å². The fraction of sp³-hybridized carbons (Fsp3) is 0.263. The molecule has 0 spiro atoms. The van der Waals surface area contributed by atoms with Gasteiger partial charge in [0.2, 0.25) is 0 Å². The zero-order valence-corrected chi connectivity index (χ0v) is 17.4. The van der Waals surface area contributed by atoms with E-state index in [1.54, 1.807) is 24.2 Å². The Hall–Kier alpha value is -0.357. The first-order chi connectivity index (χ1) is 9.50. The minimum absolute atomic E-state index is 0. The van der Waals surface area contributed by atoms with Crippen LogP contribution in [-0.2, 0) is 24.2 Å². The van der Waals surface area contributed by atoms with Gasteiger partial charge in [-0.1, -0.05) is 42.9 Å². The van der Waals surface area contributed by atoms with Gasteiger partial charge in [-0.15, -0.1) is 34.5 Å². The van der Waals surface area contributed by atoms with E-state index < -0.39 is 0 Å². The third-order valence-corrected chi connectivity index (χ3v) is 3.53. The zero-order chi connectivity index (χ0) is 14.7. The summed E-state index contributed by atoms with van der Waals surface area (Å²) >= 11 is 1.55. The third-order valence-electron chi connectivity index (χ3n) is 3.53. The Labute approximate surface area is 161 Å². The van der Waals surface area contributed by atoms with Crippen molar-refractivity contribution in [1.29, 1.82) is 0 Å². The number of allylic oxidation sites excluding steroid dienone is 4. The third kappa shape index (κ3) is 5.08. The van der Waals surface area contributed by atoms with Crippen LogP contribution in [0.15, 0.2) is 48.6 Å². The molecular formula is C19H21Cl2Zr-. The van der Waals surface area contributed by atoms with Crippen molar-refractivity contribution in [3.8, 4) is 0 Å². The predicted molar refractivity (Wildman–Crippen MR) is 86.4 cm³/mol. The van der Waals surface area contributed by atoms with E-state index in [2.05, 4.69) is 76.3 Å². The number of fused-ring (bicyclic) bond motifs is 1. The average molecular weight is 412 g/mol. The van der Waals surface area contributed by atoms with Gasteiger partial charge in [0.25, 0.3) is 0 Å². The van der Waals surface area contributed by atoms with E-state index in [1.165, 1.54) is 30.7 Å². The maximum Gasteiger partial charge on any atom is 0.00306 e. The van der Waals surface area contributed by atoms with Gasteiger partial charge in [-0.05, 0) is 6.92 Å². The topological polar surface area (TPSA) is 0 Å². The van der Waals surface area contributed by atoms with Crippen LogP contribution >= 0.6 is 0 Å². The number of hydrogen-bond donors (Lipinski definition) is 0. The maximum atomic E-state index is 2.34. The van der Waals surface area contributed by atoms with Gasteiger partial charge < -0.3 is 24.8 Å². The molecule has 1 aliphatic carbocycles. The van der Waals surface area contributed by atoms with Crippen LogP contribution in [0.4, 0.5) is 0 Å². The molecule has 3 heteroatoms. The number of halogens is 2. The summed E-state index contributed by atoms with van der Waals surface area (Å²) < 4.78 is 1.51. The molecule has 0 radical (unpaired) electrons. The molecule has 0 amide bonds. The SMILES string of the molecule is C[C](C)=[Zr+2].Cc1cccc2[cH-]c(C3C=CC=C3)c(C)c12.[Cl-].[Cl-]. The van der Waals surface area contributed by atoms with E-state index >= 15 is 0 Å². The molecule has 1 aliphatic rings. The van der Waals surface area contributed by atoms with Crippen molar-refractivity contribution in [2.45, 2.75) is 33.6 Å². The summed E-state index contributed by atoms with van der Waals surface area (Å²) in [5, 5.41) is 2.81. The molecule has 0 saturated carbocycles. The van der Waals surface area contributed by atoms with Gasteiger partial charge in [0, 0.05) is 5.92 Å². The quantitative estimate of drug-likeness (QED) is 0.536. The molecular weight excluding hydrogens is 390 g/mol. The van der Waals surface area contributed by atoms with Gasteiger partial charge in [-0.3, -0.25) is 0 Å². The molecule has 0 atom stereocenters. The molecule has 2 aromatic carbocycles. The Balaban J connectivity index is 0.000000665. The average Bonchev–Trinajstić information content (AvgIpc) is 2.97. The molecule has 0 unspecified atom stereocenters. The Morgan fingerprint density at radius 1 is 1.05 bits per heavy atom. The Bertz CT molecular complexity index is 677. The summed E-state index contributed by atoms with van der Waals surface area (Å²) in [4.78, 5) is 0. The fourth-order valence-corrected chi connectivity index (χ4v) is 2.73. The van der Waals surface area contributed by atoms with E-state index in [9.17, 15) is 0 Å². The fourth-order valence-electron chi connectivity index (χ4n) is 2.73. The van der Waals surface area contributed by atoms with Crippen molar-refractivity contribution in [2.24, 2.45) is 0 Å². The second kappa shape index (κ2) is 9.71. The molecule has 22 heavy (non-hydrogen) atoms. The Morgan fingerprint density at radius 3 is 2.09 bits per heavy atom. The van der Waals surface area contributed by atoms with E-state index in [4.69, 9.17) is 0 Å². The van der Waals surface area contributed by atoms with Crippen LogP contribution in [0.1, 0.15) is 36.5 Å². The molecule has 0 nitrogen and oxygen atoms in total. The van der Waals surface area contributed by atoms with Gasteiger partial charge in [0.05, 0.1) is 0 Å². The summed E-state index contributed by atoms with van der Waals surface area (Å²) in [6, 6.07) is 8.88. The van der Waals surface area contributed by atoms with Crippen molar-refractivity contribution in [3.63, 3.8) is 0 Å². The zero-order valence-electron chi connectivity index (χ0n) is 13.5. The first kappa shape index (κ1) is 21.6. The van der Waals surface area contributed by atoms with Crippen LogP contribution < -0.4 is 24.8 Å². The first-order valence-corrected chi connectivity index (χ1v) is 8.26. The molecule has 2 aromatic rings. The number of aryl methyl sites for hydroxylation is 2. The van der Waals surface area contributed by atoms with Crippen molar-refractivity contribution in [2.75, 3.05) is 0 Å². The second-order valence-electron chi connectivity index (χ2n) is 5.56. The Kier molecular flexibility index (Phi) is 9.55. The number of rotatable bonds is 1. The smallest absolute Gasteiger partial charge is 0.00306 e. The van der Waals surface area contributed by atoms with Gasteiger partial charge in [-0.2, -0.15) is 5.56 Å². The molecule has 0 heterocycles. The summed E-state index contributed by atoms with van der Waals surface area (Å²) in [7, 11) is 0. The minimum atomic E-state index is 0. The van der Waals surface area contributed by atoms with Crippen LogP contribution in [0.3, 0.4) is 0 Å². The normalized spacial score (nSPS) is 12.5. The van der Waals surface area contributed by atoms with Crippen LogP contribution in [0.5, 0.6) is 0 Å². The molecule has 116 valence electrons. The first-order valence-electron chi connectivity index (χ1n) is 7.03. The predicted octanol–water partition coefficient (Wildman–Crippen LogP) is -0.861. The van der Waals surface area contributed by atoms with Crippen molar-refractivity contribution < 1.29 is 49.0 Å². The molecule has 0 bridgehead atoms. The summed E-state index contributed by atoms with van der Waals surface area (Å²) in [6.07, 6.45) is 8.79. The van der Waals surface area contributed by atoms with Crippen molar-refractivity contribution in [3.05, 3.63) is 65.3 Å². The van der Waals surface area contributed by atoms with Crippen LogP contribution in [0.2, 0.25) is 0 Å². The van der Waals surface area contributed by atoms with Gasteiger partial charge in [0.1, 0.15) is 0 Å². The van der Waals surface area contributed by atoms with Crippen molar-refractivity contribution >= 4 is 14.0 Å². The Morgan fingerprint density at radius 2 is 1.59 bits per heavy atom. The number of hydrogen-bond acceptors (Lipinski definition) is 0. The summed E-state index contributed by atoms with van der Waals surface area (Å²) in [5.41, 5.74) is 4.27. The molecule has 0 fully saturated rings. The van der Waals surface area contributed by atoms with E-state index in [0.717, 1.165) is 0 Å². The van der Waals surface area contributed by atoms with Crippen molar-refractivity contribution in [1.82, 2.24) is 0 Å².